The molecule has 1 fully saturated rings. The summed E-state index contributed by atoms with van der Waals surface area (Å²) in [5.41, 5.74) is 1.20. The first kappa shape index (κ1) is 18.2. The summed E-state index contributed by atoms with van der Waals surface area (Å²) in [5, 5.41) is 11.5. The van der Waals surface area contributed by atoms with Gasteiger partial charge >= 0.3 is 0 Å². The molecule has 3 rings (SSSR count). The fraction of sp³-hybridized carbons (Fsp3) is 0.450. The summed E-state index contributed by atoms with van der Waals surface area (Å²) < 4.78 is 5.80. The van der Waals surface area contributed by atoms with Crippen molar-refractivity contribution in [2.24, 2.45) is 5.92 Å². The summed E-state index contributed by atoms with van der Waals surface area (Å²) in [7, 11) is 0. The summed E-state index contributed by atoms with van der Waals surface area (Å²) in [5.74, 6) is 1.83. The van der Waals surface area contributed by atoms with Crippen LogP contribution in [-0.2, 0) is 0 Å². The van der Waals surface area contributed by atoms with E-state index in [-0.39, 0.29) is 12.0 Å². The van der Waals surface area contributed by atoms with Gasteiger partial charge in [0.1, 0.15) is 5.75 Å². The minimum absolute atomic E-state index is 0.0425. The van der Waals surface area contributed by atoms with Gasteiger partial charge < -0.3 is 15.0 Å². The van der Waals surface area contributed by atoms with Crippen LogP contribution >= 0.6 is 0 Å². The van der Waals surface area contributed by atoms with Gasteiger partial charge in [-0.25, -0.2) is 0 Å². The smallest absolute Gasteiger partial charge is 0.274 e. The molecular weight excluding hydrogens is 328 g/mol. The Morgan fingerprint density at radius 3 is 2.73 bits per heavy atom. The average molecular weight is 354 g/mol. The minimum Gasteiger partial charge on any atom is -0.489 e. The predicted octanol–water partition coefficient (Wildman–Crippen LogP) is 3.88. The summed E-state index contributed by atoms with van der Waals surface area (Å²) in [6.07, 6.45) is 2.30. The number of likely N-dealkylation sites (tertiary alicyclic amines) is 1. The number of hydrogen-bond donors (Lipinski definition) is 1. The van der Waals surface area contributed by atoms with Crippen molar-refractivity contribution >= 4 is 17.4 Å². The van der Waals surface area contributed by atoms with Gasteiger partial charge in [0.2, 0.25) is 0 Å². The fourth-order valence-corrected chi connectivity index (χ4v) is 3.11. The van der Waals surface area contributed by atoms with Crippen molar-refractivity contribution in [2.75, 3.05) is 18.4 Å². The Hall–Kier alpha value is -2.63. The van der Waals surface area contributed by atoms with E-state index in [1.165, 1.54) is 6.42 Å². The van der Waals surface area contributed by atoms with Crippen LogP contribution in [-0.4, -0.2) is 40.2 Å². The third-order valence-electron chi connectivity index (χ3n) is 4.34. The maximum atomic E-state index is 12.6. The van der Waals surface area contributed by atoms with Crippen molar-refractivity contribution < 1.29 is 9.53 Å². The van der Waals surface area contributed by atoms with Gasteiger partial charge in [-0.3, -0.25) is 4.79 Å². The maximum Gasteiger partial charge on any atom is 0.274 e. The molecule has 0 aliphatic carbocycles. The third kappa shape index (κ3) is 4.50. The Balaban J connectivity index is 1.69. The van der Waals surface area contributed by atoms with Crippen molar-refractivity contribution in [3.63, 3.8) is 0 Å². The normalized spacial score (nSPS) is 17.2. The van der Waals surface area contributed by atoms with Gasteiger partial charge in [0.05, 0.1) is 11.8 Å². The number of carbonyl (C=O) groups is 1. The topological polar surface area (TPSA) is 67.4 Å². The van der Waals surface area contributed by atoms with Crippen LogP contribution in [0.4, 0.5) is 11.5 Å². The van der Waals surface area contributed by atoms with Gasteiger partial charge in [-0.15, -0.1) is 10.2 Å². The number of aromatic nitrogens is 2. The summed E-state index contributed by atoms with van der Waals surface area (Å²) >= 11 is 0. The lowest BCUT2D eigenvalue weighted by Crippen LogP contribution is -2.39. The number of hydrogen-bond acceptors (Lipinski definition) is 5. The molecule has 1 unspecified atom stereocenters. The molecule has 0 spiro atoms. The number of carbonyl (C=O) groups excluding carboxylic acids is 1. The van der Waals surface area contributed by atoms with Crippen LogP contribution in [0.1, 0.15) is 44.1 Å². The first-order valence-corrected chi connectivity index (χ1v) is 9.18. The van der Waals surface area contributed by atoms with E-state index in [0.717, 1.165) is 30.9 Å². The zero-order valence-corrected chi connectivity index (χ0v) is 15.6. The van der Waals surface area contributed by atoms with Crippen molar-refractivity contribution in [3.05, 3.63) is 42.1 Å². The summed E-state index contributed by atoms with van der Waals surface area (Å²) in [4.78, 5) is 14.4. The fourth-order valence-electron chi connectivity index (χ4n) is 3.11. The van der Waals surface area contributed by atoms with Crippen LogP contribution in [0.2, 0.25) is 0 Å². The number of amides is 1. The molecule has 1 amide bonds. The minimum atomic E-state index is -0.0425. The second-order valence-corrected chi connectivity index (χ2v) is 7.09. The first-order chi connectivity index (χ1) is 12.5. The van der Waals surface area contributed by atoms with Gasteiger partial charge in [0.25, 0.3) is 5.91 Å². The lowest BCUT2D eigenvalue weighted by atomic mass is 10.00. The van der Waals surface area contributed by atoms with Crippen LogP contribution in [0.5, 0.6) is 5.75 Å². The highest BCUT2D eigenvalue weighted by Crippen LogP contribution is 2.27. The van der Waals surface area contributed by atoms with Gasteiger partial charge in [-0.05, 0) is 56.9 Å². The van der Waals surface area contributed by atoms with E-state index in [4.69, 9.17) is 4.74 Å². The highest BCUT2D eigenvalue weighted by Gasteiger charge is 2.23. The molecule has 2 heterocycles. The number of piperidine rings is 1. The molecule has 1 saturated heterocycles. The van der Waals surface area contributed by atoms with Gasteiger partial charge in [-0.1, -0.05) is 19.1 Å². The molecule has 0 bridgehead atoms. The molecule has 0 radical (unpaired) electrons. The highest BCUT2D eigenvalue weighted by molar-refractivity contribution is 5.92. The molecule has 1 aliphatic rings. The molecule has 6 heteroatoms. The van der Waals surface area contributed by atoms with Gasteiger partial charge in [0.15, 0.2) is 11.5 Å². The molecule has 138 valence electrons. The largest absolute Gasteiger partial charge is 0.489 e. The number of anilines is 2. The van der Waals surface area contributed by atoms with Crippen LogP contribution in [0.15, 0.2) is 36.4 Å². The van der Waals surface area contributed by atoms with E-state index >= 15 is 0 Å². The van der Waals surface area contributed by atoms with E-state index in [9.17, 15) is 4.79 Å². The SMILES string of the molecule is CC1CCCN(C(=O)c2ccc(Nc3ccccc3OC(C)C)nn2)C1. The Morgan fingerprint density at radius 2 is 2.04 bits per heavy atom. The van der Waals surface area contributed by atoms with Crippen molar-refractivity contribution in [1.82, 2.24) is 15.1 Å². The van der Waals surface area contributed by atoms with Crippen molar-refractivity contribution in [3.8, 4) is 5.75 Å². The molecule has 1 aromatic carbocycles. The Bertz CT molecular complexity index is 746. The number of nitrogens with zero attached hydrogens (tertiary/aromatic N) is 3. The lowest BCUT2D eigenvalue weighted by molar-refractivity contribution is 0.0676. The second-order valence-electron chi connectivity index (χ2n) is 7.09. The van der Waals surface area contributed by atoms with Crippen LogP contribution < -0.4 is 10.1 Å². The Labute approximate surface area is 154 Å². The van der Waals surface area contributed by atoms with Gasteiger partial charge in [-0.2, -0.15) is 0 Å². The van der Waals surface area contributed by atoms with Crippen LogP contribution in [0, 0.1) is 5.92 Å². The monoisotopic (exact) mass is 354 g/mol. The zero-order valence-electron chi connectivity index (χ0n) is 15.6. The highest BCUT2D eigenvalue weighted by atomic mass is 16.5. The summed E-state index contributed by atoms with van der Waals surface area (Å²) in [6, 6.07) is 11.2. The molecule has 2 aromatic rings. The van der Waals surface area contributed by atoms with E-state index in [1.54, 1.807) is 12.1 Å². The van der Waals surface area contributed by atoms with Crippen LogP contribution in [0.25, 0.3) is 0 Å². The molecule has 26 heavy (non-hydrogen) atoms. The van der Waals surface area contributed by atoms with E-state index in [0.29, 0.717) is 17.4 Å². The molecule has 1 aliphatic heterocycles. The average Bonchev–Trinajstić information content (AvgIpc) is 2.63. The quantitative estimate of drug-likeness (QED) is 0.882. The molecule has 0 saturated carbocycles. The number of ether oxygens (including phenoxy) is 1. The first-order valence-electron chi connectivity index (χ1n) is 9.18. The van der Waals surface area contributed by atoms with Crippen LogP contribution in [0.3, 0.4) is 0 Å². The standard InChI is InChI=1S/C20H26N4O2/c1-14(2)26-18-9-5-4-8-16(18)21-19-11-10-17(22-23-19)20(25)24-12-6-7-15(3)13-24/h4-5,8-11,14-15H,6-7,12-13H2,1-3H3,(H,21,23). The molecule has 1 atom stereocenters. The predicted molar refractivity (Wildman–Crippen MR) is 102 cm³/mol. The summed E-state index contributed by atoms with van der Waals surface area (Å²) in [6.45, 7) is 7.73. The third-order valence-corrected chi connectivity index (χ3v) is 4.34. The molecule has 1 N–H and O–H groups in total. The number of para-hydroxylation sites is 2. The number of benzene rings is 1. The molecule has 1 aromatic heterocycles. The van der Waals surface area contributed by atoms with E-state index in [1.807, 2.05) is 43.0 Å². The van der Waals surface area contributed by atoms with Crippen molar-refractivity contribution in [2.45, 2.75) is 39.7 Å². The van der Waals surface area contributed by atoms with E-state index in [2.05, 4.69) is 22.4 Å². The number of rotatable bonds is 5. The van der Waals surface area contributed by atoms with Gasteiger partial charge in [0, 0.05) is 13.1 Å². The van der Waals surface area contributed by atoms with Crippen molar-refractivity contribution in [1.29, 1.82) is 0 Å². The lowest BCUT2D eigenvalue weighted by Gasteiger charge is -2.30. The zero-order chi connectivity index (χ0) is 18.5. The second kappa shape index (κ2) is 8.17. The molecule has 6 nitrogen and oxygen atoms in total. The maximum absolute atomic E-state index is 12.6. The molecular formula is C20H26N4O2. The number of nitrogens with one attached hydrogen (secondary N) is 1. The Morgan fingerprint density at radius 1 is 1.23 bits per heavy atom. The Kier molecular flexibility index (Phi) is 5.71. The van der Waals surface area contributed by atoms with E-state index < -0.39 is 0 Å².